The van der Waals surface area contributed by atoms with Gasteiger partial charge in [-0.25, -0.2) is 0 Å². The Morgan fingerprint density at radius 3 is 2.60 bits per heavy atom. The van der Waals surface area contributed by atoms with Crippen molar-refractivity contribution < 1.29 is 5.11 Å². The second kappa shape index (κ2) is 5.61. The maximum Gasteiger partial charge on any atom is 0.0639 e. The van der Waals surface area contributed by atoms with E-state index in [0.29, 0.717) is 6.54 Å². The highest BCUT2D eigenvalue weighted by molar-refractivity contribution is 7.07. The second-order valence-electron chi connectivity index (χ2n) is 4.15. The zero-order valence-electron chi connectivity index (χ0n) is 9.55. The SMILES string of the molecule is CC(O)CN(C)C(c1ccsc1)C(C)N. The molecule has 1 aromatic rings. The molecule has 0 bridgehead atoms. The molecule has 0 fully saturated rings. The van der Waals surface area contributed by atoms with Gasteiger partial charge in [-0.2, -0.15) is 11.3 Å². The van der Waals surface area contributed by atoms with Crippen LogP contribution in [-0.2, 0) is 0 Å². The summed E-state index contributed by atoms with van der Waals surface area (Å²) in [6.45, 7) is 4.44. The molecule has 15 heavy (non-hydrogen) atoms. The summed E-state index contributed by atoms with van der Waals surface area (Å²) in [5.41, 5.74) is 7.22. The van der Waals surface area contributed by atoms with Crippen molar-refractivity contribution in [3.05, 3.63) is 22.4 Å². The molecule has 0 aliphatic rings. The van der Waals surface area contributed by atoms with Gasteiger partial charge in [0.1, 0.15) is 0 Å². The van der Waals surface area contributed by atoms with Crippen molar-refractivity contribution in [3.63, 3.8) is 0 Å². The Kier molecular flexibility index (Phi) is 4.73. The summed E-state index contributed by atoms with van der Waals surface area (Å²) in [6.07, 6.45) is -0.324. The largest absolute Gasteiger partial charge is 0.392 e. The number of nitrogens with zero attached hydrogens (tertiary/aromatic N) is 1. The van der Waals surface area contributed by atoms with Crippen LogP contribution in [0.4, 0.5) is 0 Å². The minimum absolute atomic E-state index is 0.0587. The van der Waals surface area contributed by atoms with Crippen LogP contribution < -0.4 is 5.73 Å². The molecule has 3 atom stereocenters. The fraction of sp³-hybridized carbons (Fsp3) is 0.636. The van der Waals surface area contributed by atoms with Crippen molar-refractivity contribution in [1.29, 1.82) is 0 Å². The lowest BCUT2D eigenvalue weighted by Crippen LogP contribution is -2.40. The average Bonchev–Trinajstić information content (AvgIpc) is 2.54. The molecule has 3 nitrogen and oxygen atoms in total. The molecule has 86 valence electrons. The van der Waals surface area contributed by atoms with Gasteiger partial charge in [-0.15, -0.1) is 0 Å². The second-order valence-corrected chi connectivity index (χ2v) is 4.93. The highest BCUT2D eigenvalue weighted by Gasteiger charge is 2.22. The highest BCUT2D eigenvalue weighted by Crippen LogP contribution is 2.24. The Morgan fingerprint density at radius 2 is 2.20 bits per heavy atom. The van der Waals surface area contributed by atoms with E-state index in [9.17, 15) is 5.11 Å². The molecular weight excluding hydrogens is 208 g/mol. The lowest BCUT2D eigenvalue weighted by atomic mass is 10.0. The van der Waals surface area contributed by atoms with Gasteiger partial charge in [0, 0.05) is 12.6 Å². The van der Waals surface area contributed by atoms with Crippen molar-refractivity contribution in [3.8, 4) is 0 Å². The predicted octanol–water partition coefficient (Wildman–Crippen LogP) is 1.45. The topological polar surface area (TPSA) is 49.5 Å². The van der Waals surface area contributed by atoms with Crippen LogP contribution in [0.3, 0.4) is 0 Å². The van der Waals surface area contributed by atoms with E-state index in [1.807, 2.05) is 14.0 Å². The molecule has 0 spiro atoms. The van der Waals surface area contributed by atoms with Crippen molar-refractivity contribution in [2.24, 2.45) is 5.73 Å². The fourth-order valence-corrected chi connectivity index (χ4v) is 2.62. The normalized spacial score (nSPS) is 17.7. The van der Waals surface area contributed by atoms with Gasteiger partial charge in [0.2, 0.25) is 0 Å². The van der Waals surface area contributed by atoms with E-state index >= 15 is 0 Å². The molecule has 0 radical (unpaired) electrons. The highest BCUT2D eigenvalue weighted by atomic mass is 32.1. The Balaban J connectivity index is 2.74. The number of likely N-dealkylation sites (N-methyl/N-ethyl adjacent to an activating group) is 1. The number of nitrogens with two attached hydrogens (primary N) is 1. The third-order valence-electron chi connectivity index (χ3n) is 2.41. The summed E-state index contributed by atoms with van der Waals surface area (Å²) in [6, 6.07) is 2.34. The molecule has 4 heteroatoms. The van der Waals surface area contributed by atoms with Gasteiger partial charge in [-0.1, -0.05) is 0 Å². The molecule has 0 aromatic carbocycles. The zero-order chi connectivity index (χ0) is 11.4. The summed E-state index contributed by atoms with van der Waals surface area (Å²) in [5, 5.41) is 13.5. The molecule has 3 unspecified atom stereocenters. The van der Waals surface area contributed by atoms with Gasteiger partial charge >= 0.3 is 0 Å². The zero-order valence-corrected chi connectivity index (χ0v) is 10.4. The van der Waals surface area contributed by atoms with Gasteiger partial charge in [0.15, 0.2) is 0 Å². The van der Waals surface area contributed by atoms with Gasteiger partial charge < -0.3 is 10.8 Å². The van der Waals surface area contributed by atoms with Crippen LogP contribution in [0.5, 0.6) is 0 Å². The minimum atomic E-state index is -0.324. The maximum absolute atomic E-state index is 9.37. The first-order valence-electron chi connectivity index (χ1n) is 5.18. The van der Waals surface area contributed by atoms with Crippen molar-refractivity contribution >= 4 is 11.3 Å². The standard InChI is InChI=1S/C11H20N2OS/c1-8(14)6-13(3)11(9(2)12)10-4-5-15-7-10/h4-5,7-9,11,14H,6,12H2,1-3H3. The average molecular weight is 228 g/mol. The number of rotatable bonds is 5. The number of thiophene rings is 1. The quantitative estimate of drug-likeness (QED) is 0.802. The first-order chi connectivity index (χ1) is 7.02. The lowest BCUT2D eigenvalue weighted by molar-refractivity contribution is 0.110. The monoisotopic (exact) mass is 228 g/mol. The van der Waals surface area contributed by atoms with Gasteiger partial charge in [0.25, 0.3) is 0 Å². The van der Waals surface area contributed by atoms with Crippen molar-refractivity contribution in [2.75, 3.05) is 13.6 Å². The molecular formula is C11H20N2OS. The van der Waals surface area contributed by atoms with E-state index < -0.39 is 0 Å². The van der Waals surface area contributed by atoms with Crippen molar-refractivity contribution in [1.82, 2.24) is 4.90 Å². The van der Waals surface area contributed by atoms with Crippen LogP contribution in [0.25, 0.3) is 0 Å². The molecule has 0 aliphatic carbocycles. The molecule has 0 saturated heterocycles. The summed E-state index contributed by atoms with van der Waals surface area (Å²) in [7, 11) is 2.00. The number of hydrogen-bond acceptors (Lipinski definition) is 4. The third kappa shape index (κ3) is 3.57. The third-order valence-corrected chi connectivity index (χ3v) is 3.11. The lowest BCUT2D eigenvalue weighted by Gasteiger charge is -2.31. The molecule has 0 aliphatic heterocycles. The van der Waals surface area contributed by atoms with E-state index in [1.165, 1.54) is 5.56 Å². The van der Waals surface area contributed by atoms with Gasteiger partial charge in [-0.3, -0.25) is 4.90 Å². The number of aliphatic hydroxyl groups excluding tert-OH is 1. The van der Waals surface area contributed by atoms with Crippen LogP contribution in [0.15, 0.2) is 16.8 Å². The van der Waals surface area contributed by atoms with E-state index in [4.69, 9.17) is 5.73 Å². The van der Waals surface area contributed by atoms with Crippen LogP contribution in [0.1, 0.15) is 25.5 Å². The Morgan fingerprint density at radius 1 is 1.53 bits per heavy atom. The van der Waals surface area contributed by atoms with Crippen LogP contribution in [0.2, 0.25) is 0 Å². The van der Waals surface area contributed by atoms with E-state index in [0.717, 1.165) is 0 Å². The van der Waals surface area contributed by atoms with Crippen molar-refractivity contribution in [2.45, 2.75) is 32.0 Å². The first-order valence-corrected chi connectivity index (χ1v) is 6.12. The molecule has 0 amide bonds. The van der Waals surface area contributed by atoms with E-state index in [2.05, 4.69) is 21.7 Å². The Labute approximate surface area is 95.5 Å². The summed E-state index contributed by atoms with van der Waals surface area (Å²) >= 11 is 1.68. The molecule has 0 saturated carbocycles. The molecule has 1 aromatic heterocycles. The molecule has 1 rings (SSSR count). The Hall–Kier alpha value is -0.420. The van der Waals surface area contributed by atoms with Crippen LogP contribution in [0, 0.1) is 0 Å². The summed E-state index contributed by atoms with van der Waals surface area (Å²) in [4.78, 5) is 2.11. The molecule has 1 heterocycles. The summed E-state index contributed by atoms with van der Waals surface area (Å²) in [5.74, 6) is 0. The number of hydrogen-bond donors (Lipinski definition) is 2. The van der Waals surface area contributed by atoms with E-state index in [1.54, 1.807) is 18.3 Å². The smallest absolute Gasteiger partial charge is 0.0639 e. The maximum atomic E-state index is 9.37. The van der Waals surface area contributed by atoms with Crippen LogP contribution in [-0.4, -0.2) is 35.7 Å². The predicted molar refractivity (Wildman–Crippen MR) is 65.0 cm³/mol. The first kappa shape index (κ1) is 12.6. The van der Waals surface area contributed by atoms with Crippen LogP contribution >= 0.6 is 11.3 Å². The number of aliphatic hydroxyl groups is 1. The van der Waals surface area contributed by atoms with E-state index in [-0.39, 0.29) is 18.2 Å². The van der Waals surface area contributed by atoms with Gasteiger partial charge in [0.05, 0.1) is 12.1 Å². The molecule has 3 N–H and O–H groups in total. The summed E-state index contributed by atoms with van der Waals surface area (Å²) < 4.78 is 0. The minimum Gasteiger partial charge on any atom is -0.392 e. The fourth-order valence-electron chi connectivity index (χ4n) is 1.93. The van der Waals surface area contributed by atoms with Gasteiger partial charge in [-0.05, 0) is 43.3 Å². The Bertz CT molecular complexity index is 272.